The molecule has 37 heavy (non-hydrogen) atoms. The van der Waals surface area contributed by atoms with E-state index in [0.29, 0.717) is 40.2 Å². The molecular weight excluding hydrogens is 514 g/mol. The van der Waals surface area contributed by atoms with Gasteiger partial charge in [0.05, 0.1) is 40.8 Å². The van der Waals surface area contributed by atoms with Crippen LogP contribution >= 0.6 is 23.1 Å². The molecule has 0 aliphatic carbocycles. The summed E-state index contributed by atoms with van der Waals surface area (Å²) in [5.74, 6) is -0.981. The highest BCUT2D eigenvalue weighted by molar-refractivity contribution is 8.00. The first-order valence-electron chi connectivity index (χ1n) is 12.2. The summed E-state index contributed by atoms with van der Waals surface area (Å²) in [6.07, 6.45) is 4.54. The number of rotatable bonds is 5. The number of thioether (sulfide) groups is 1. The van der Waals surface area contributed by atoms with E-state index < -0.39 is 17.1 Å². The number of likely N-dealkylation sites (tertiary alicyclic amines) is 1. The number of ether oxygens (including phenoxy) is 1. The van der Waals surface area contributed by atoms with E-state index in [1.807, 2.05) is 0 Å². The Morgan fingerprint density at radius 3 is 2.49 bits per heavy atom. The summed E-state index contributed by atoms with van der Waals surface area (Å²) in [6.45, 7) is 1.30. The second-order valence-corrected chi connectivity index (χ2v) is 11.5. The number of carbonyl (C=O) groups excluding carboxylic acids is 3. The highest BCUT2D eigenvalue weighted by Crippen LogP contribution is 2.54. The molecule has 3 aliphatic rings. The summed E-state index contributed by atoms with van der Waals surface area (Å²) in [5, 5.41) is -0.178. The molecule has 1 aromatic carbocycles. The van der Waals surface area contributed by atoms with Crippen molar-refractivity contribution >= 4 is 46.5 Å². The zero-order valence-electron chi connectivity index (χ0n) is 20.1. The Labute approximate surface area is 221 Å². The predicted octanol–water partition coefficient (Wildman–Crippen LogP) is 3.32. The van der Waals surface area contributed by atoms with Crippen LogP contribution in [0.25, 0.3) is 0 Å². The molecule has 0 saturated carbocycles. The monoisotopic (exact) mass is 539 g/mol. The van der Waals surface area contributed by atoms with Crippen molar-refractivity contribution in [1.29, 1.82) is 0 Å². The summed E-state index contributed by atoms with van der Waals surface area (Å²) < 4.78 is 12.4. The summed E-state index contributed by atoms with van der Waals surface area (Å²) >= 11 is 2.23. The smallest absolute Gasteiger partial charge is 0.308 e. The lowest BCUT2D eigenvalue weighted by atomic mass is 9.87. The van der Waals surface area contributed by atoms with Crippen LogP contribution in [-0.2, 0) is 20.9 Å². The van der Waals surface area contributed by atoms with Crippen molar-refractivity contribution in [2.24, 2.45) is 5.92 Å². The van der Waals surface area contributed by atoms with Crippen LogP contribution in [0.4, 0.5) is 5.69 Å². The molecule has 11 heteroatoms. The predicted molar refractivity (Wildman–Crippen MR) is 138 cm³/mol. The topological polar surface area (TPSA) is 102 Å². The van der Waals surface area contributed by atoms with Crippen molar-refractivity contribution in [3.8, 4) is 5.75 Å². The zero-order chi connectivity index (χ0) is 25.7. The number of methoxy groups -OCH3 is 1. The minimum absolute atomic E-state index is 0.0791. The highest BCUT2D eigenvalue weighted by Gasteiger charge is 2.57. The van der Waals surface area contributed by atoms with E-state index in [4.69, 9.17) is 9.15 Å². The number of piperidine rings is 1. The van der Waals surface area contributed by atoms with Gasteiger partial charge in [-0.25, -0.2) is 4.90 Å². The number of nitrogens with zero attached hydrogens (tertiary/aromatic N) is 3. The van der Waals surface area contributed by atoms with Gasteiger partial charge in [0.25, 0.3) is 0 Å². The number of benzene rings is 1. The average Bonchev–Trinajstić information content (AvgIpc) is 3.62. The molecule has 3 amide bonds. The average molecular weight is 540 g/mol. The Kier molecular flexibility index (Phi) is 6.20. The molecule has 2 saturated heterocycles. The number of aromatic nitrogens is 1. The minimum Gasteiger partial charge on any atom is -0.497 e. The number of amides is 3. The van der Waals surface area contributed by atoms with Crippen LogP contribution < -0.4 is 14.5 Å². The van der Waals surface area contributed by atoms with E-state index in [9.17, 15) is 19.2 Å². The molecule has 192 valence electrons. The van der Waals surface area contributed by atoms with Crippen molar-refractivity contribution < 1.29 is 23.5 Å². The summed E-state index contributed by atoms with van der Waals surface area (Å²) in [4.78, 5) is 57.1. The van der Waals surface area contributed by atoms with Crippen LogP contribution in [0.3, 0.4) is 0 Å². The van der Waals surface area contributed by atoms with Gasteiger partial charge in [0.1, 0.15) is 23.3 Å². The molecule has 9 nitrogen and oxygen atoms in total. The van der Waals surface area contributed by atoms with Gasteiger partial charge in [-0.1, -0.05) is 23.1 Å². The molecule has 0 bridgehead atoms. The van der Waals surface area contributed by atoms with Crippen LogP contribution in [-0.4, -0.2) is 52.6 Å². The van der Waals surface area contributed by atoms with Crippen molar-refractivity contribution in [3.05, 3.63) is 63.0 Å². The lowest BCUT2D eigenvalue weighted by Gasteiger charge is -2.30. The van der Waals surface area contributed by atoms with Crippen LogP contribution in [0.15, 0.2) is 56.9 Å². The number of imide groups is 1. The number of furan rings is 1. The normalized spacial score (nSPS) is 23.2. The van der Waals surface area contributed by atoms with Gasteiger partial charge in [0.2, 0.25) is 17.7 Å². The van der Waals surface area contributed by atoms with Crippen LogP contribution in [0.2, 0.25) is 0 Å². The SMILES string of the molecule is COc1ccc(N2C(=O)C3Sc4c(sc(=O)n4CC(=O)N4CCCCC4)C(c4ccco4)C3C2=O)cc1. The molecule has 5 heterocycles. The zero-order valence-corrected chi connectivity index (χ0v) is 21.8. The van der Waals surface area contributed by atoms with Gasteiger partial charge in [-0.3, -0.25) is 23.7 Å². The van der Waals surface area contributed by atoms with Gasteiger partial charge in [-0.15, -0.1) is 0 Å². The molecular formula is C26H25N3O6S2. The Morgan fingerprint density at radius 1 is 1.05 bits per heavy atom. The third-order valence-electron chi connectivity index (χ3n) is 7.23. The molecule has 6 rings (SSSR count). The van der Waals surface area contributed by atoms with Gasteiger partial charge in [-0.2, -0.15) is 0 Å². The first-order chi connectivity index (χ1) is 18.0. The largest absolute Gasteiger partial charge is 0.497 e. The Balaban J connectivity index is 1.39. The molecule has 0 radical (unpaired) electrons. The molecule has 2 fully saturated rings. The fourth-order valence-corrected chi connectivity index (χ4v) is 8.15. The standard InChI is InChI=1S/C26H25N3O6S2/c1-34-16-9-7-15(8-10-16)29-23(31)20-19(17-6-5-13-35-17)22-25(36-21(20)24(29)32)28(26(33)37-22)14-18(30)27-11-3-2-4-12-27/h5-10,13,19-21H,2-4,11-12,14H2,1H3. The summed E-state index contributed by atoms with van der Waals surface area (Å²) in [6, 6.07) is 10.3. The third kappa shape index (κ3) is 4.00. The van der Waals surface area contributed by atoms with Gasteiger partial charge < -0.3 is 14.1 Å². The number of hydrogen-bond acceptors (Lipinski definition) is 8. The van der Waals surface area contributed by atoms with Gasteiger partial charge in [-0.05, 0) is 55.7 Å². The number of carbonyl (C=O) groups is 3. The minimum atomic E-state index is -0.748. The maximum absolute atomic E-state index is 13.8. The molecule has 3 unspecified atom stereocenters. The van der Waals surface area contributed by atoms with E-state index in [-0.39, 0.29) is 29.1 Å². The third-order valence-corrected chi connectivity index (χ3v) is 9.84. The van der Waals surface area contributed by atoms with Crippen molar-refractivity contribution in [1.82, 2.24) is 9.47 Å². The van der Waals surface area contributed by atoms with Crippen molar-refractivity contribution in [3.63, 3.8) is 0 Å². The van der Waals surface area contributed by atoms with E-state index >= 15 is 0 Å². The number of anilines is 1. The number of thiazole rings is 1. The maximum Gasteiger partial charge on any atom is 0.308 e. The number of fused-ring (bicyclic) bond motifs is 2. The Hall–Kier alpha value is -3.31. The summed E-state index contributed by atoms with van der Waals surface area (Å²) in [5.41, 5.74) is 0.463. The fraction of sp³-hybridized carbons (Fsp3) is 0.385. The second-order valence-electron chi connectivity index (χ2n) is 9.33. The first kappa shape index (κ1) is 24.1. The molecule has 0 N–H and O–H groups in total. The molecule has 0 spiro atoms. The van der Waals surface area contributed by atoms with Crippen molar-refractivity contribution in [2.75, 3.05) is 25.1 Å². The van der Waals surface area contributed by atoms with E-state index in [1.54, 1.807) is 48.4 Å². The fourth-order valence-electron chi connectivity index (χ4n) is 5.39. The summed E-state index contributed by atoms with van der Waals surface area (Å²) in [7, 11) is 1.55. The van der Waals surface area contributed by atoms with Gasteiger partial charge >= 0.3 is 4.87 Å². The maximum atomic E-state index is 13.8. The Morgan fingerprint density at radius 2 is 1.81 bits per heavy atom. The molecule has 3 aromatic rings. The first-order valence-corrected chi connectivity index (χ1v) is 13.9. The van der Waals surface area contributed by atoms with Gasteiger partial charge in [0.15, 0.2) is 0 Å². The molecule has 3 aliphatic heterocycles. The van der Waals surface area contributed by atoms with Crippen molar-refractivity contribution in [2.45, 2.75) is 42.0 Å². The highest BCUT2D eigenvalue weighted by atomic mass is 32.2. The van der Waals surface area contributed by atoms with Gasteiger partial charge in [0, 0.05) is 13.1 Å². The van der Waals surface area contributed by atoms with Crippen LogP contribution in [0, 0.1) is 5.92 Å². The lowest BCUT2D eigenvalue weighted by molar-refractivity contribution is -0.133. The van der Waals surface area contributed by atoms with E-state index in [2.05, 4.69) is 0 Å². The number of hydrogen-bond donors (Lipinski definition) is 0. The molecule has 3 atom stereocenters. The quantitative estimate of drug-likeness (QED) is 0.459. The second kappa shape index (κ2) is 9.53. The molecule has 2 aromatic heterocycles. The van der Waals surface area contributed by atoms with Crippen LogP contribution in [0.1, 0.15) is 35.8 Å². The Bertz CT molecular complexity index is 1400. The van der Waals surface area contributed by atoms with Crippen LogP contribution in [0.5, 0.6) is 5.75 Å². The van der Waals surface area contributed by atoms with E-state index in [0.717, 1.165) is 30.6 Å². The van der Waals surface area contributed by atoms with E-state index in [1.165, 1.54) is 27.5 Å². The lowest BCUT2D eigenvalue weighted by Crippen LogP contribution is -2.39.